The van der Waals surface area contributed by atoms with E-state index >= 15 is 0 Å². The summed E-state index contributed by atoms with van der Waals surface area (Å²) >= 11 is 0. The summed E-state index contributed by atoms with van der Waals surface area (Å²) in [7, 11) is -2.65. The summed E-state index contributed by atoms with van der Waals surface area (Å²) in [4.78, 5) is 0. The smallest absolute Gasteiger partial charge is 0.306 e. The lowest BCUT2D eigenvalue weighted by atomic mass is 10.1. The van der Waals surface area contributed by atoms with Crippen LogP contribution in [0, 0.1) is 0 Å². The van der Waals surface area contributed by atoms with Crippen LogP contribution in [-0.2, 0) is 13.6 Å². The monoisotopic (exact) mass is 246 g/mol. The van der Waals surface area contributed by atoms with Gasteiger partial charge in [-0.15, -0.1) is 6.58 Å². The molecule has 4 heteroatoms. The summed E-state index contributed by atoms with van der Waals surface area (Å²) in [5.74, 6) is 0. The van der Waals surface area contributed by atoms with Crippen LogP contribution in [-0.4, -0.2) is 19.4 Å². The molecule has 1 fully saturated rings. The molecule has 0 amide bonds. The highest BCUT2D eigenvalue weighted by atomic mass is 31.2. The Balaban J connectivity index is 1.88. The van der Waals surface area contributed by atoms with Gasteiger partial charge >= 0.3 is 7.60 Å². The van der Waals surface area contributed by atoms with Crippen molar-refractivity contribution in [3.05, 3.63) is 12.7 Å². The predicted octanol–water partition coefficient (Wildman–Crippen LogP) is 4.14. The summed E-state index contributed by atoms with van der Waals surface area (Å²) in [5.41, 5.74) is 0. The highest BCUT2D eigenvalue weighted by Gasteiger charge is 2.28. The van der Waals surface area contributed by atoms with E-state index in [0.717, 1.165) is 19.3 Å². The van der Waals surface area contributed by atoms with E-state index in [4.69, 9.17) is 9.05 Å². The van der Waals surface area contributed by atoms with Crippen molar-refractivity contribution < 1.29 is 13.6 Å². The van der Waals surface area contributed by atoms with E-state index in [1.165, 1.54) is 25.7 Å². The Morgan fingerprint density at radius 3 is 2.19 bits per heavy atom. The maximum atomic E-state index is 11.7. The topological polar surface area (TPSA) is 35.5 Å². The van der Waals surface area contributed by atoms with Gasteiger partial charge in [-0.05, 0) is 19.3 Å². The van der Waals surface area contributed by atoms with Gasteiger partial charge in [-0.3, -0.25) is 4.57 Å². The second-order valence-electron chi connectivity index (χ2n) is 4.20. The summed E-state index contributed by atoms with van der Waals surface area (Å²) < 4.78 is 22.0. The first kappa shape index (κ1) is 14.0. The predicted molar refractivity (Wildman–Crippen MR) is 66.9 cm³/mol. The first-order valence-electron chi connectivity index (χ1n) is 6.26. The normalized spacial score (nSPS) is 18.8. The first-order valence-corrected chi connectivity index (χ1v) is 7.99. The van der Waals surface area contributed by atoms with Gasteiger partial charge in [0.05, 0.1) is 19.4 Å². The largest absolute Gasteiger partial charge is 0.330 e. The van der Waals surface area contributed by atoms with Gasteiger partial charge in [0.2, 0.25) is 0 Å². The standard InChI is InChI=1S/C12H23O3P/c1-2-3-4-5-6-7-8-9-12-16(13)14-10-11-15-16/h2H,1,3-12H2. The second kappa shape index (κ2) is 8.05. The van der Waals surface area contributed by atoms with Crippen LogP contribution in [0.5, 0.6) is 0 Å². The Morgan fingerprint density at radius 1 is 1.00 bits per heavy atom. The fraction of sp³-hybridized carbons (Fsp3) is 0.833. The molecule has 1 heterocycles. The van der Waals surface area contributed by atoms with E-state index in [-0.39, 0.29) is 0 Å². The van der Waals surface area contributed by atoms with E-state index in [1.807, 2.05) is 6.08 Å². The van der Waals surface area contributed by atoms with Crippen LogP contribution in [0.4, 0.5) is 0 Å². The van der Waals surface area contributed by atoms with Gasteiger partial charge in [-0.1, -0.05) is 31.8 Å². The summed E-state index contributed by atoms with van der Waals surface area (Å²) in [5, 5.41) is 0. The minimum Gasteiger partial charge on any atom is -0.306 e. The molecule has 0 unspecified atom stereocenters. The van der Waals surface area contributed by atoms with E-state index in [0.29, 0.717) is 19.4 Å². The van der Waals surface area contributed by atoms with Crippen LogP contribution < -0.4 is 0 Å². The maximum absolute atomic E-state index is 11.7. The van der Waals surface area contributed by atoms with Crippen molar-refractivity contribution in [3.8, 4) is 0 Å². The van der Waals surface area contributed by atoms with E-state index < -0.39 is 7.60 Å². The van der Waals surface area contributed by atoms with Crippen LogP contribution in [0.25, 0.3) is 0 Å². The number of hydrogen-bond acceptors (Lipinski definition) is 3. The molecule has 0 spiro atoms. The Hall–Kier alpha value is -0.110. The van der Waals surface area contributed by atoms with Gasteiger partial charge in [0, 0.05) is 0 Å². The Bertz CT molecular complexity index is 230. The summed E-state index contributed by atoms with van der Waals surface area (Å²) in [6, 6.07) is 0. The first-order chi connectivity index (χ1) is 7.77. The van der Waals surface area contributed by atoms with Crippen molar-refractivity contribution in [1.82, 2.24) is 0 Å². The van der Waals surface area contributed by atoms with Gasteiger partial charge in [0.15, 0.2) is 0 Å². The summed E-state index contributed by atoms with van der Waals surface area (Å²) in [6.45, 7) is 4.70. The van der Waals surface area contributed by atoms with Gasteiger partial charge in [0.25, 0.3) is 0 Å². The molecule has 3 nitrogen and oxygen atoms in total. The van der Waals surface area contributed by atoms with Crippen molar-refractivity contribution in [2.24, 2.45) is 0 Å². The van der Waals surface area contributed by atoms with E-state index in [9.17, 15) is 4.57 Å². The number of rotatable bonds is 9. The Labute approximate surface area is 98.7 Å². The molecule has 1 aliphatic rings. The zero-order valence-corrected chi connectivity index (χ0v) is 10.9. The van der Waals surface area contributed by atoms with Gasteiger partial charge in [-0.25, -0.2) is 0 Å². The van der Waals surface area contributed by atoms with E-state index in [1.54, 1.807) is 0 Å². The molecule has 0 aromatic carbocycles. The average Bonchev–Trinajstić information content (AvgIpc) is 2.70. The van der Waals surface area contributed by atoms with Gasteiger partial charge in [0.1, 0.15) is 0 Å². The lowest BCUT2D eigenvalue weighted by molar-refractivity contribution is 0.350. The van der Waals surface area contributed by atoms with Crippen molar-refractivity contribution in [2.45, 2.75) is 44.9 Å². The fourth-order valence-electron chi connectivity index (χ4n) is 1.82. The number of allylic oxidation sites excluding steroid dienone is 1. The second-order valence-corrected chi connectivity index (χ2v) is 6.39. The SMILES string of the molecule is C=CCCCCCCCCP1(=O)OCCO1. The lowest BCUT2D eigenvalue weighted by Gasteiger charge is -2.08. The van der Waals surface area contributed by atoms with Gasteiger partial charge in [-0.2, -0.15) is 0 Å². The molecule has 0 saturated carbocycles. The zero-order valence-electron chi connectivity index (χ0n) is 10.0. The molecule has 0 aromatic rings. The Morgan fingerprint density at radius 2 is 1.56 bits per heavy atom. The highest BCUT2D eigenvalue weighted by Crippen LogP contribution is 2.52. The molecule has 0 atom stereocenters. The van der Waals surface area contributed by atoms with Gasteiger partial charge < -0.3 is 9.05 Å². The van der Waals surface area contributed by atoms with Crippen LogP contribution in [0.3, 0.4) is 0 Å². The molecule has 1 rings (SSSR count). The van der Waals surface area contributed by atoms with Crippen LogP contribution in [0.2, 0.25) is 0 Å². The molecule has 94 valence electrons. The van der Waals surface area contributed by atoms with E-state index in [2.05, 4.69) is 6.58 Å². The molecule has 0 aliphatic carbocycles. The molecule has 1 aliphatic heterocycles. The molecule has 0 N–H and O–H groups in total. The average molecular weight is 246 g/mol. The third-order valence-electron chi connectivity index (χ3n) is 2.75. The van der Waals surface area contributed by atoms with Crippen molar-refractivity contribution in [1.29, 1.82) is 0 Å². The van der Waals surface area contributed by atoms with Crippen molar-refractivity contribution in [2.75, 3.05) is 19.4 Å². The third kappa shape index (κ3) is 5.83. The molecular weight excluding hydrogens is 223 g/mol. The highest BCUT2D eigenvalue weighted by molar-refractivity contribution is 7.54. The van der Waals surface area contributed by atoms with Crippen molar-refractivity contribution in [3.63, 3.8) is 0 Å². The van der Waals surface area contributed by atoms with Crippen LogP contribution in [0.15, 0.2) is 12.7 Å². The summed E-state index contributed by atoms with van der Waals surface area (Å²) in [6.07, 6.45) is 10.8. The molecule has 0 aromatic heterocycles. The third-order valence-corrected chi connectivity index (χ3v) is 4.77. The minimum absolute atomic E-state index is 0.499. The zero-order chi connectivity index (χ0) is 11.7. The quantitative estimate of drug-likeness (QED) is 0.348. The Kier molecular flexibility index (Phi) is 7.02. The van der Waals surface area contributed by atoms with Crippen LogP contribution >= 0.6 is 7.60 Å². The maximum Gasteiger partial charge on any atom is 0.330 e. The molecular formula is C12H23O3P. The molecule has 1 saturated heterocycles. The molecule has 16 heavy (non-hydrogen) atoms. The molecule has 0 radical (unpaired) electrons. The number of unbranched alkanes of at least 4 members (excludes halogenated alkanes) is 6. The minimum atomic E-state index is -2.65. The molecule has 0 bridgehead atoms. The van der Waals surface area contributed by atoms with Crippen molar-refractivity contribution >= 4 is 7.60 Å². The fourth-order valence-corrected chi connectivity index (χ4v) is 3.47. The van der Waals surface area contributed by atoms with Crippen LogP contribution in [0.1, 0.15) is 44.9 Å². The number of hydrogen-bond donors (Lipinski definition) is 0. The lowest BCUT2D eigenvalue weighted by Crippen LogP contribution is -1.90.